The van der Waals surface area contributed by atoms with E-state index in [-0.39, 0.29) is 5.91 Å². The maximum absolute atomic E-state index is 12.6. The fourth-order valence-corrected chi connectivity index (χ4v) is 3.60. The molecule has 0 aliphatic carbocycles. The number of nitrogens with one attached hydrogen (secondary N) is 1. The normalized spacial score (nSPS) is 15.4. The monoisotopic (exact) mass is 369 g/mol. The standard InChI is InChI=1S/C19H23N5O3/c1-11-18(13(3)27-23-11)15-10-24-16(9-20-15)21-12(2)19(24)22-17(25)8-14-4-6-26-7-5-14/h9-10,14H,4-8H2,1-3H3,(H,22,25). The lowest BCUT2D eigenvalue weighted by atomic mass is 9.96. The number of carbonyl (C=O) groups excluding carboxylic acids is 1. The Labute approximate surface area is 156 Å². The van der Waals surface area contributed by atoms with Crippen molar-refractivity contribution in [1.82, 2.24) is 19.5 Å². The number of rotatable bonds is 4. The van der Waals surface area contributed by atoms with E-state index in [0.29, 0.717) is 29.6 Å². The molecule has 0 radical (unpaired) electrons. The number of hydrogen-bond donors (Lipinski definition) is 1. The summed E-state index contributed by atoms with van der Waals surface area (Å²) in [6.45, 7) is 7.09. The lowest BCUT2D eigenvalue weighted by molar-refractivity contribution is -0.117. The highest BCUT2D eigenvalue weighted by atomic mass is 16.5. The third-order valence-corrected chi connectivity index (χ3v) is 5.05. The molecule has 8 heteroatoms. The molecule has 1 aliphatic rings. The van der Waals surface area contributed by atoms with Gasteiger partial charge in [0, 0.05) is 25.8 Å². The van der Waals surface area contributed by atoms with Crippen LogP contribution in [0.2, 0.25) is 0 Å². The molecular formula is C19H23N5O3. The molecule has 1 fully saturated rings. The third-order valence-electron chi connectivity index (χ3n) is 5.05. The Kier molecular flexibility index (Phi) is 4.65. The van der Waals surface area contributed by atoms with Gasteiger partial charge in [0.25, 0.3) is 0 Å². The van der Waals surface area contributed by atoms with Crippen molar-refractivity contribution in [2.45, 2.75) is 40.0 Å². The summed E-state index contributed by atoms with van der Waals surface area (Å²) >= 11 is 0. The smallest absolute Gasteiger partial charge is 0.225 e. The Balaban J connectivity index is 1.63. The van der Waals surface area contributed by atoms with Crippen LogP contribution in [0.25, 0.3) is 16.9 Å². The zero-order valence-electron chi connectivity index (χ0n) is 15.8. The Hall–Kier alpha value is -2.74. The maximum Gasteiger partial charge on any atom is 0.225 e. The number of nitrogens with zero attached hydrogens (tertiary/aromatic N) is 4. The molecule has 4 heterocycles. The van der Waals surface area contributed by atoms with Gasteiger partial charge in [-0.15, -0.1) is 0 Å². The van der Waals surface area contributed by atoms with Crippen LogP contribution in [0.1, 0.15) is 36.4 Å². The Morgan fingerprint density at radius 2 is 2.04 bits per heavy atom. The predicted molar refractivity (Wildman–Crippen MR) is 99.5 cm³/mol. The molecule has 0 saturated carbocycles. The zero-order chi connectivity index (χ0) is 19.0. The molecule has 3 aromatic rings. The fourth-order valence-electron chi connectivity index (χ4n) is 3.60. The topological polar surface area (TPSA) is 94.5 Å². The van der Waals surface area contributed by atoms with Crippen LogP contribution in [-0.2, 0) is 9.53 Å². The number of imidazole rings is 1. The van der Waals surface area contributed by atoms with Crippen LogP contribution in [0.5, 0.6) is 0 Å². The summed E-state index contributed by atoms with van der Waals surface area (Å²) in [7, 11) is 0. The number of aromatic nitrogens is 4. The lowest BCUT2D eigenvalue weighted by Gasteiger charge is -2.21. The van der Waals surface area contributed by atoms with Crippen molar-refractivity contribution in [3.8, 4) is 11.3 Å². The molecule has 4 rings (SSSR count). The van der Waals surface area contributed by atoms with Crippen molar-refractivity contribution in [2.24, 2.45) is 5.92 Å². The van der Waals surface area contributed by atoms with Gasteiger partial charge in [0.1, 0.15) is 11.6 Å². The lowest BCUT2D eigenvalue weighted by Crippen LogP contribution is -2.22. The number of carbonyl (C=O) groups is 1. The average Bonchev–Trinajstić information content (AvgIpc) is 3.14. The maximum atomic E-state index is 12.6. The first kappa shape index (κ1) is 17.7. The molecule has 0 spiro atoms. The van der Waals surface area contributed by atoms with Crippen LogP contribution in [0.15, 0.2) is 16.9 Å². The van der Waals surface area contributed by atoms with E-state index in [2.05, 4.69) is 20.4 Å². The summed E-state index contributed by atoms with van der Waals surface area (Å²) in [6.07, 6.45) is 5.92. The zero-order valence-corrected chi connectivity index (χ0v) is 15.8. The van der Waals surface area contributed by atoms with Gasteiger partial charge in [-0.3, -0.25) is 14.2 Å². The first-order valence-corrected chi connectivity index (χ1v) is 9.18. The average molecular weight is 369 g/mol. The van der Waals surface area contributed by atoms with Gasteiger partial charge in [-0.05, 0) is 39.5 Å². The van der Waals surface area contributed by atoms with E-state index in [4.69, 9.17) is 9.26 Å². The second-order valence-corrected chi connectivity index (χ2v) is 7.05. The van der Waals surface area contributed by atoms with Crippen molar-refractivity contribution in [3.05, 3.63) is 29.5 Å². The Morgan fingerprint density at radius 3 is 2.74 bits per heavy atom. The van der Waals surface area contributed by atoms with Gasteiger partial charge in [-0.2, -0.15) is 0 Å². The molecular weight excluding hydrogens is 346 g/mol. The fraction of sp³-hybridized carbons (Fsp3) is 0.474. The number of fused-ring (bicyclic) bond motifs is 1. The van der Waals surface area contributed by atoms with Crippen molar-refractivity contribution in [2.75, 3.05) is 18.5 Å². The molecule has 142 valence electrons. The minimum atomic E-state index is 0.00232. The molecule has 0 atom stereocenters. The van der Waals surface area contributed by atoms with E-state index >= 15 is 0 Å². The molecule has 0 unspecified atom stereocenters. The molecule has 8 nitrogen and oxygen atoms in total. The molecule has 1 saturated heterocycles. The quantitative estimate of drug-likeness (QED) is 0.759. The molecule has 1 amide bonds. The van der Waals surface area contributed by atoms with Crippen LogP contribution >= 0.6 is 0 Å². The first-order chi connectivity index (χ1) is 13.0. The van der Waals surface area contributed by atoms with Crippen molar-refractivity contribution >= 4 is 17.4 Å². The highest BCUT2D eigenvalue weighted by Crippen LogP contribution is 2.27. The Morgan fingerprint density at radius 1 is 1.26 bits per heavy atom. The molecule has 1 aliphatic heterocycles. The molecule has 27 heavy (non-hydrogen) atoms. The number of hydrogen-bond acceptors (Lipinski definition) is 6. The number of ether oxygens (including phenoxy) is 1. The summed E-state index contributed by atoms with van der Waals surface area (Å²) in [5, 5.41) is 7.03. The summed E-state index contributed by atoms with van der Waals surface area (Å²) in [6, 6.07) is 0. The minimum absolute atomic E-state index is 0.00232. The second-order valence-electron chi connectivity index (χ2n) is 7.05. The third kappa shape index (κ3) is 3.44. The summed E-state index contributed by atoms with van der Waals surface area (Å²) in [4.78, 5) is 21.6. The predicted octanol–water partition coefficient (Wildman–Crippen LogP) is 3.06. The first-order valence-electron chi connectivity index (χ1n) is 9.18. The van der Waals surface area contributed by atoms with Gasteiger partial charge < -0.3 is 14.6 Å². The van der Waals surface area contributed by atoms with Crippen molar-refractivity contribution in [3.63, 3.8) is 0 Å². The van der Waals surface area contributed by atoms with Crippen LogP contribution in [0.4, 0.5) is 5.82 Å². The van der Waals surface area contributed by atoms with Gasteiger partial charge in [0.15, 0.2) is 5.65 Å². The number of amides is 1. The van der Waals surface area contributed by atoms with Gasteiger partial charge in [0.2, 0.25) is 5.91 Å². The van der Waals surface area contributed by atoms with E-state index in [1.54, 1.807) is 6.20 Å². The van der Waals surface area contributed by atoms with Crippen LogP contribution < -0.4 is 5.32 Å². The van der Waals surface area contributed by atoms with E-state index in [0.717, 1.165) is 48.7 Å². The number of anilines is 1. The van der Waals surface area contributed by atoms with Crippen LogP contribution in [0, 0.1) is 26.7 Å². The van der Waals surface area contributed by atoms with E-state index in [9.17, 15) is 4.79 Å². The SMILES string of the molecule is Cc1noc(C)c1-c1cn2c(NC(=O)CC3CCOCC3)c(C)nc2cn1. The van der Waals surface area contributed by atoms with E-state index < -0.39 is 0 Å². The molecule has 0 bridgehead atoms. The van der Waals surface area contributed by atoms with E-state index in [1.165, 1.54) is 0 Å². The minimum Gasteiger partial charge on any atom is -0.381 e. The summed E-state index contributed by atoms with van der Waals surface area (Å²) in [5.41, 5.74) is 3.82. The molecule has 0 aromatic carbocycles. The molecule has 3 aromatic heterocycles. The van der Waals surface area contributed by atoms with E-state index in [1.807, 2.05) is 31.4 Å². The highest BCUT2D eigenvalue weighted by molar-refractivity contribution is 5.91. The van der Waals surface area contributed by atoms with Crippen molar-refractivity contribution < 1.29 is 14.1 Å². The van der Waals surface area contributed by atoms with Gasteiger partial charge in [-0.25, -0.2) is 4.98 Å². The second kappa shape index (κ2) is 7.11. The van der Waals surface area contributed by atoms with Gasteiger partial charge in [-0.1, -0.05) is 5.16 Å². The number of aryl methyl sites for hydroxylation is 3. The van der Waals surface area contributed by atoms with Crippen LogP contribution in [0.3, 0.4) is 0 Å². The Bertz CT molecular complexity index is 965. The van der Waals surface area contributed by atoms with Gasteiger partial charge >= 0.3 is 0 Å². The van der Waals surface area contributed by atoms with Gasteiger partial charge in [0.05, 0.1) is 28.8 Å². The molecule has 1 N–H and O–H groups in total. The summed E-state index contributed by atoms with van der Waals surface area (Å²) in [5.74, 6) is 1.76. The van der Waals surface area contributed by atoms with Crippen LogP contribution in [-0.4, -0.2) is 38.6 Å². The highest BCUT2D eigenvalue weighted by Gasteiger charge is 2.20. The summed E-state index contributed by atoms with van der Waals surface area (Å²) < 4.78 is 12.5. The van der Waals surface area contributed by atoms with Crippen molar-refractivity contribution in [1.29, 1.82) is 0 Å². The largest absolute Gasteiger partial charge is 0.381 e.